The molecule has 0 aliphatic heterocycles. The van der Waals surface area contributed by atoms with Gasteiger partial charge in [0.25, 0.3) is 6.43 Å². The number of rotatable bonds is 5. The van der Waals surface area contributed by atoms with Gasteiger partial charge in [-0.2, -0.15) is 0 Å². The molecular weight excluding hydrogens is 378 g/mol. The molecule has 0 saturated heterocycles. The molecule has 1 saturated carbocycles. The highest BCUT2D eigenvalue weighted by molar-refractivity contribution is 5.82. The summed E-state index contributed by atoms with van der Waals surface area (Å²) in [5, 5.41) is 7.78. The van der Waals surface area contributed by atoms with Crippen LogP contribution in [0.15, 0.2) is 30.6 Å². The molecule has 1 fully saturated rings. The van der Waals surface area contributed by atoms with Gasteiger partial charge in [-0.3, -0.25) is 0 Å². The quantitative estimate of drug-likeness (QED) is 0.536. The molecule has 0 bridgehead atoms. The lowest BCUT2D eigenvalue weighted by Gasteiger charge is -2.32. The van der Waals surface area contributed by atoms with Crippen molar-refractivity contribution in [2.75, 3.05) is 5.32 Å². The molecule has 10 heteroatoms. The van der Waals surface area contributed by atoms with E-state index in [1.165, 1.54) is 4.57 Å². The van der Waals surface area contributed by atoms with E-state index in [1.807, 2.05) is 18.3 Å². The van der Waals surface area contributed by atoms with Crippen LogP contribution in [-0.4, -0.2) is 47.6 Å². The smallest absolute Gasteiger partial charge is 0.256 e. The van der Waals surface area contributed by atoms with Gasteiger partial charge >= 0.3 is 0 Å². The van der Waals surface area contributed by atoms with E-state index in [4.69, 9.17) is 5.73 Å². The average molecular weight is 398 g/mol. The monoisotopic (exact) mass is 398 g/mol. The number of nitrogens with zero attached hydrogens (tertiary/aromatic N) is 6. The van der Waals surface area contributed by atoms with Crippen LogP contribution in [0.5, 0.6) is 0 Å². The number of hydrogen-bond acceptors (Lipinski definition) is 6. The zero-order valence-corrected chi connectivity index (χ0v) is 15.8. The molecule has 150 valence electrons. The molecule has 4 aromatic heterocycles. The maximum atomic E-state index is 13.0. The molecule has 4 aromatic rings. The predicted molar refractivity (Wildman–Crippen MR) is 105 cm³/mol. The minimum Gasteiger partial charge on any atom is -0.350 e. The number of halogens is 2. The minimum atomic E-state index is -2.48. The van der Waals surface area contributed by atoms with Crippen LogP contribution in [0.2, 0.25) is 0 Å². The minimum absolute atomic E-state index is 0.248. The maximum absolute atomic E-state index is 13.0. The van der Waals surface area contributed by atoms with E-state index in [1.54, 1.807) is 23.7 Å². The van der Waals surface area contributed by atoms with Gasteiger partial charge < -0.3 is 15.6 Å². The van der Waals surface area contributed by atoms with Crippen LogP contribution in [0.3, 0.4) is 0 Å². The van der Waals surface area contributed by atoms with E-state index >= 15 is 0 Å². The fraction of sp³-hybridized carbons (Fsp3) is 0.368. The molecule has 3 N–H and O–H groups in total. The van der Waals surface area contributed by atoms with Crippen molar-refractivity contribution < 1.29 is 8.78 Å². The van der Waals surface area contributed by atoms with Crippen LogP contribution in [0.4, 0.5) is 14.7 Å². The van der Waals surface area contributed by atoms with E-state index in [0.717, 1.165) is 23.9 Å². The Hall–Kier alpha value is -3.14. The van der Waals surface area contributed by atoms with E-state index in [-0.39, 0.29) is 6.04 Å². The van der Waals surface area contributed by atoms with Crippen LogP contribution in [-0.2, 0) is 6.54 Å². The van der Waals surface area contributed by atoms with Gasteiger partial charge in [-0.15, -0.1) is 5.10 Å². The Labute approximate surface area is 164 Å². The predicted octanol–water partition coefficient (Wildman–Crippen LogP) is 2.62. The van der Waals surface area contributed by atoms with Gasteiger partial charge in [0.05, 0.1) is 24.0 Å². The van der Waals surface area contributed by atoms with E-state index in [2.05, 4.69) is 25.4 Å². The lowest BCUT2D eigenvalue weighted by Crippen LogP contribution is -2.44. The fourth-order valence-electron chi connectivity index (χ4n) is 3.77. The number of imidazole rings is 1. The van der Waals surface area contributed by atoms with Crippen LogP contribution in [0.1, 0.15) is 18.7 Å². The molecule has 0 amide bonds. The molecule has 0 radical (unpaired) electrons. The molecule has 0 unspecified atom stereocenters. The summed E-state index contributed by atoms with van der Waals surface area (Å²) < 4.78 is 29.1. The van der Waals surface area contributed by atoms with Crippen molar-refractivity contribution in [2.24, 2.45) is 5.73 Å². The number of nitrogens with one attached hydrogen (secondary N) is 1. The van der Waals surface area contributed by atoms with Crippen LogP contribution in [0, 0.1) is 6.92 Å². The molecule has 0 aromatic carbocycles. The summed E-state index contributed by atoms with van der Waals surface area (Å²) in [6.07, 6.45) is 2.91. The lowest BCUT2D eigenvalue weighted by atomic mass is 9.88. The Morgan fingerprint density at radius 1 is 1.24 bits per heavy atom. The number of fused-ring (bicyclic) bond motifs is 2. The molecule has 4 heterocycles. The molecule has 8 nitrogen and oxygen atoms in total. The van der Waals surface area contributed by atoms with E-state index in [0.29, 0.717) is 34.7 Å². The number of pyridine rings is 1. The average Bonchev–Trinajstić information content (AvgIpc) is 3.21. The van der Waals surface area contributed by atoms with Crippen molar-refractivity contribution >= 4 is 22.6 Å². The number of aromatic nitrogens is 6. The highest BCUT2D eigenvalue weighted by atomic mass is 19.3. The maximum Gasteiger partial charge on any atom is 0.256 e. The van der Waals surface area contributed by atoms with Crippen molar-refractivity contribution in [3.8, 4) is 11.3 Å². The first-order chi connectivity index (χ1) is 14.0. The summed E-state index contributed by atoms with van der Waals surface area (Å²) in [6, 6.07) is 6.07. The van der Waals surface area contributed by atoms with Crippen molar-refractivity contribution in [1.82, 2.24) is 29.1 Å². The summed E-state index contributed by atoms with van der Waals surface area (Å²) in [5.74, 6) is 1.06. The highest BCUT2D eigenvalue weighted by Crippen LogP contribution is 2.27. The van der Waals surface area contributed by atoms with Crippen LogP contribution in [0.25, 0.3) is 27.9 Å². The number of aryl methyl sites for hydroxylation is 1. The summed E-state index contributed by atoms with van der Waals surface area (Å²) in [4.78, 5) is 13.3. The largest absolute Gasteiger partial charge is 0.350 e. The second-order valence-corrected chi connectivity index (χ2v) is 7.41. The lowest BCUT2D eigenvalue weighted by molar-refractivity contribution is 0.127. The molecular formula is C19H20F2N8. The first-order valence-corrected chi connectivity index (χ1v) is 9.47. The topological polar surface area (TPSA) is 98.9 Å². The highest BCUT2D eigenvalue weighted by Gasteiger charge is 2.26. The van der Waals surface area contributed by atoms with Gasteiger partial charge in [-0.1, -0.05) is 0 Å². The van der Waals surface area contributed by atoms with Crippen LogP contribution < -0.4 is 11.1 Å². The Kier molecular flexibility index (Phi) is 4.16. The second-order valence-electron chi connectivity index (χ2n) is 7.41. The standard InChI is InChI=1S/C19H20F2N8/c1-10-24-15-3-2-14(26-18(15)28(10)9-17(20)21)13-4-5-29-16(13)8-23-19(27-29)25-12-6-11(22)7-12/h2-5,8,11-12,17H,6-7,9,22H2,1H3,(H,25,27)/t11-,12-. The summed E-state index contributed by atoms with van der Waals surface area (Å²) in [6.45, 7) is 1.27. The van der Waals surface area contributed by atoms with Crippen molar-refractivity contribution in [2.45, 2.75) is 44.8 Å². The number of nitrogens with two attached hydrogens (primary N) is 1. The first-order valence-electron chi connectivity index (χ1n) is 9.47. The van der Waals surface area contributed by atoms with Gasteiger partial charge in [-0.05, 0) is 38.0 Å². The third kappa shape index (κ3) is 3.19. The summed E-state index contributed by atoms with van der Waals surface area (Å²) in [5.41, 5.74) is 9.12. The Bertz CT molecular complexity index is 1190. The van der Waals surface area contributed by atoms with Crippen molar-refractivity contribution in [1.29, 1.82) is 0 Å². The van der Waals surface area contributed by atoms with Crippen molar-refractivity contribution in [3.05, 3.63) is 36.4 Å². The van der Waals surface area contributed by atoms with Gasteiger partial charge in [0.2, 0.25) is 5.95 Å². The van der Waals surface area contributed by atoms with Gasteiger partial charge in [0.1, 0.15) is 11.3 Å². The normalized spacial score (nSPS) is 19.2. The van der Waals surface area contributed by atoms with Crippen molar-refractivity contribution in [3.63, 3.8) is 0 Å². The third-order valence-corrected chi connectivity index (χ3v) is 5.30. The Morgan fingerprint density at radius 2 is 2.07 bits per heavy atom. The Balaban J connectivity index is 1.50. The molecule has 1 aliphatic carbocycles. The molecule has 0 spiro atoms. The number of alkyl halides is 2. The van der Waals surface area contributed by atoms with Gasteiger partial charge in [0.15, 0.2) is 5.65 Å². The zero-order valence-electron chi connectivity index (χ0n) is 15.8. The zero-order chi connectivity index (χ0) is 20.1. The van der Waals surface area contributed by atoms with Gasteiger partial charge in [-0.25, -0.2) is 28.2 Å². The van der Waals surface area contributed by atoms with Gasteiger partial charge in [0, 0.05) is 23.8 Å². The van der Waals surface area contributed by atoms with E-state index < -0.39 is 13.0 Å². The molecule has 0 atom stereocenters. The molecule has 5 rings (SSSR count). The first kappa shape index (κ1) is 17.9. The fourth-order valence-corrected chi connectivity index (χ4v) is 3.77. The summed E-state index contributed by atoms with van der Waals surface area (Å²) in [7, 11) is 0. The molecule has 29 heavy (non-hydrogen) atoms. The Morgan fingerprint density at radius 3 is 2.83 bits per heavy atom. The number of hydrogen-bond donors (Lipinski definition) is 2. The molecule has 1 aliphatic rings. The number of anilines is 1. The summed E-state index contributed by atoms with van der Waals surface area (Å²) >= 11 is 0. The second kappa shape index (κ2) is 6.73. The van der Waals surface area contributed by atoms with E-state index in [9.17, 15) is 8.78 Å². The van der Waals surface area contributed by atoms with Crippen LogP contribution >= 0.6 is 0 Å². The third-order valence-electron chi connectivity index (χ3n) is 5.30. The SMILES string of the molecule is Cc1nc2ccc(-c3ccn4nc(N[C@H]5C[C@H](N)C5)ncc34)nc2n1CC(F)F.